The minimum absolute atomic E-state index is 0.262. The summed E-state index contributed by atoms with van der Waals surface area (Å²) in [5.74, 6) is 1.10. The monoisotopic (exact) mass is 338 g/mol. The Kier molecular flexibility index (Phi) is 5.27. The highest BCUT2D eigenvalue weighted by molar-refractivity contribution is 6.30. The normalized spacial score (nSPS) is 22.3. The van der Waals surface area contributed by atoms with E-state index in [1.165, 1.54) is 6.42 Å². The molecule has 0 bridgehead atoms. The minimum Gasteiger partial charge on any atom is -0.356 e. The van der Waals surface area contributed by atoms with Gasteiger partial charge in [0.15, 0.2) is 0 Å². The molecular formula is C17H27ClN4O. The number of rotatable bonds is 6. The number of aromatic nitrogens is 2. The van der Waals surface area contributed by atoms with Crippen molar-refractivity contribution in [1.29, 1.82) is 0 Å². The minimum atomic E-state index is 0.262. The average molecular weight is 339 g/mol. The van der Waals surface area contributed by atoms with E-state index in [9.17, 15) is 4.79 Å². The summed E-state index contributed by atoms with van der Waals surface area (Å²) < 4.78 is 1.77. The number of amides is 1. The number of hydrogen-bond acceptors (Lipinski definition) is 3. The lowest BCUT2D eigenvalue weighted by molar-refractivity contribution is -0.127. The molecule has 128 valence electrons. The van der Waals surface area contributed by atoms with E-state index in [-0.39, 0.29) is 11.8 Å². The quantitative estimate of drug-likeness (QED) is 0.866. The van der Waals surface area contributed by atoms with Gasteiger partial charge in [-0.05, 0) is 38.1 Å². The third-order valence-corrected chi connectivity index (χ3v) is 5.75. The van der Waals surface area contributed by atoms with Crippen molar-refractivity contribution in [3.05, 3.63) is 16.4 Å². The van der Waals surface area contributed by atoms with Gasteiger partial charge in [-0.3, -0.25) is 14.4 Å². The molecule has 6 heteroatoms. The summed E-state index contributed by atoms with van der Waals surface area (Å²) in [7, 11) is 1.90. The lowest BCUT2D eigenvalue weighted by atomic mass is 9.85. The maximum atomic E-state index is 11.9. The van der Waals surface area contributed by atoms with Gasteiger partial charge in [0.25, 0.3) is 0 Å². The van der Waals surface area contributed by atoms with E-state index < -0.39 is 0 Å². The molecule has 1 atom stereocenters. The number of likely N-dealkylation sites (tertiary alicyclic amines) is 1. The third-order valence-electron chi connectivity index (χ3n) is 5.28. The van der Waals surface area contributed by atoms with Gasteiger partial charge in [0.2, 0.25) is 5.91 Å². The number of carbonyl (C=O) groups is 1. The Bertz CT molecular complexity index is 567. The molecule has 2 aliphatic rings. The largest absolute Gasteiger partial charge is 0.356 e. The van der Waals surface area contributed by atoms with Crippen LogP contribution in [0.15, 0.2) is 0 Å². The molecule has 1 saturated carbocycles. The molecule has 5 nitrogen and oxygen atoms in total. The van der Waals surface area contributed by atoms with Crippen LogP contribution in [0, 0.1) is 11.8 Å². The van der Waals surface area contributed by atoms with Gasteiger partial charge in [-0.25, -0.2) is 0 Å². The summed E-state index contributed by atoms with van der Waals surface area (Å²) in [5, 5.41) is 8.38. The molecule has 0 spiro atoms. The summed E-state index contributed by atoms with van der Waals surface area (Å²) in [6.07, 6.45) is 5.40. The molecule has 1 aliphatic heterocycles. The highest BCUT2D eigenvalue weighted by atomic mass is 35.5. The lowest BCUT2D eigenvalue weighted by Crippen LogP contribution is -2.37. The van der Waals surface area contributed by atoms with Crippen molar-refractivity contribution in [2.45, 2.75) is 45.6 Å². The number of halogens is 1. The molecule has 1 amide bonds. The van der Waals surface area contributed by atoms with Crippen molar-refractivity contribution in [3.63, 3.8) is 0 Å². The first-order chi connectivity index (χ1) is 11.1. The third kappa shape index (κ3) is 3.72. The van der Waals surface area contributed by atoms with Gasteiger partial charge >= 0.3 is 0 Å². The average Bonchev–Trinajstić information content (AvgIpc) is 3.03. The van der Waals surface area contributed by atoms with Crippen LogP contribution in [0.5, 0.6) is 0 Å². The zero-order valence-electron chi connectivity index (χ0n) is 14.1. The Morgan fingerprint density at radius 2 is 2.17 bits per heavy atom. The van der Waals surface area contributed by atoms with Gasteiger partial charge in [-0.15, -0.1) is 0 Å². The van der Waals surface area contributed by atoms with Crippen LogP contribution < -0.4 is 5.32 Å². The van der Waals surface area contributed by atoms with Gasteiger partial charge in [-0.1, -0.05) is 24.9 Å². The van der Waals surface area contributed by atoms with Gasteiger partial charge in [0.05, 0.1) is 5.69 Å². The number of nitrogens with one attached hydrogen (secondary N) is 1. The Hall–Kier alpha value is -1.07. The first-order valence-electron chi connectivity index (χ1n) is 8.78. The molecular weight excluding hydrogens is 312 g/mol. The van der Waals surface area contributed by atoms with Crippen LogP contribution in [-0.2, 0) is 24.8 Å². The molecule has 1 N–H and O–H groups in total. The molecule has 1 aromatic rings. The van der Waals surface area contributed by atoms with Crippen molar-refractivity contribution in [1.82, 2.24) is 20.0 Å². The van der Waals surface area contributed by atoms with E-state index in [4.69, 9.17) is 11.6 Å². The van der Waals surface area contributed by atoms with Crippen molar-refractivity contribution in [2.24, 2.45) is 18.9 Å². The van der Waals surface area contributed by atoms with Crippen molar-refractivity contribution in [3.8, 4) is 0 Å². The highest BCUT2D eigenvalue weighted by Crippen LogP contribution is 2.27. The maximum absolute atomic E-state index is 11.9. The van der Waals surface area contributed by atoms with Crippen molar-refractivity contribution >= 4 is 17.5 Å². The zero-order valence-corrected chi connectivity index (χ0v) is 14.9. The first-order valence-corrected chi connectivity index (χ1v) is 9.16. The smallest absolute Gasteiger partial charge is 0.223 e. The Morgan fingerprint density at radius 3 is 2.83 bits per heavy atom. The van der Waals surface area contributed by atoms with Crippen LogP contribution in [0.1, 0.15) is 43.9 Å². The van der Waals surface area contributed by atoms with Crippen LogP contribution in [0.25, 0.3) is 0 Å². The second-order valence-corrected chi connectivity index (χ2v) is 7.31. The molecule has 0 radical (unpaired) electrons. The van der Waals surface area contributed by atoms with Crippen molar-refractivity contribution < 1.29 is 4.79 Å². The van der Waals surface area contributed by atoms with E-state index >= 15 is 0 Å². The predicted octanol–water partition coefficient (Wildman–Crippen LogP) is 2.37. The molecule has 2 heterocycles. The topological polar surface area (TPSA) is 50.2 Å². The standard InChI is InChI=1S/C17H27ClN4O/c1-3-15-14(16(18)21(2)20-15)11-22-8-7-12(10-22)9-19-17(23)13-5-4-6-13/h12-13H,3-11H2,1-2H3,(H,19,23)/t12-/m1/s1. The lowest BCUT2D eigenvalue weighted by Gasteiger charge is -2.25. The highest BCUT2D eigenvalue weighted by Gasteiger charge is 2.28. The Labute approximate surface area is 143 Å². The summed E-state index contributed by atoms with van der Waals surface area (Å²) in [4.78, 5) is 14.4. The number of carbonyl (C=O) groups excluding carboxylic acids is 1. The van der Waals surface area contributed by atoms with Gasteiger partial charge in [0, 0.05) is 38.2 Å². The van der Waals surface area contributed by atoms with Crippen LogP contribution in [0.4, 0.5) is 0 Å². The Morgan fingerprint density at radius 1 is 1.39 bits per heavy atom. The summed E-state index contributed by atoms with van der Waals surface area (Å²) in [6, 6.07) is 0. The van der Waals surface area contributed by atoms with E-state index in [2.05, 4.69) is 22.2 Å². The second kappa shape index (κ2) is 7.22. The van der Waals surface area contributed by atoms with Crippen LogP contribution in [0.3, 0.4) is 0 Å². The van der Waals surface area contributed by atoms with Gasteiger partial charge in [-0.2, -0.15) is 5.10 Å². The molecule has 0 unspecified atom stereocenters. The number of hydrogen-bond donors (Lipinski definition) is 1. The zero-order chi connectivity index (χ0) is 16.4. The fraction of sp³-hybridized carbons (Fsp3) is 0.765. The van der Waals surface area contributed by atoms with Gasteiger partial charge in [0.1, 0.15) is 5.15 Å². The molecule has 0 aromatic carbocycles. The first kappa shape index (κ1) is 16.8. The van der Waals surface area contributed by atoms with Crippen LogP contribution in [-0.4, -0.2) is 40.2 Å². The van der Waals surface area contributed by atoms with Crippen LogP contribution >= 0.6 is 11.6 Å². The molecule has 1 aromatic heterocycles. The van der Waals surface area contributed by atoms with Crippen LogP contribution in [0.2, 0.25) is 5.15 Å². The van der Waals surface area contributed by atoms with E-state index in [1.807, 2.05) is 7.05 Å². The summed E-state index contributed by atoms with van der Waals surface area (Å²) in [6.45, 7) is 5.89. The summed E-state index contributed by atoms with van der Waals surface area (Å²) in [5.41, 5.74) is 2.26. The molecule has 1 saturated heterocycles. The van der Waals surface area contributed by atoms with E-state index in [0.29, 0.717) is 5.92 Å². The maximum Gasteiger partial charge on any atom is 0.223 e. The fourth-order valence-corrected chi connectivity index (χ4v) is 3.75. The summed E-state index contributed by atoms with van der Waals surface area (Å²) >= 11 is 6.38. The predicted molar refractivity (Wildman–Crippen MR) is 91.3 cm³/mol. The molecule has 2 fully saturated rings. The Balaban J connectivity index is 1.49. The van der Waals surface area contributed by atoms with Gasteiger partial charge < -0.3 is 5.32 Å². The fourth-order valence-electron chi connectivity index (χ4n) is 3.55. The van der Waals surface area contributed by atoms with E-state index in [0.717, 1.165) is 68.3 Å². The second-order valence-electron chi connectivity index (χ2n) is 6.96. The van der Waals surface area contributed by atoms with E-state index in [1.54, 1.807) is 4.68 Å². The van der Waals surface area contributed by atoms with Crippen molar-refractivity contribution in [2.75, 3.05) is 19.6 Å². The molecule has 3 rings (SSSR count). The SMILES string of the molecule is CCc1nn(C)c(Cl)c1CN1CC[C@H](CNC(=O)C2CCC2)C1. The number of nitrogens with zero attached hydrogens (tertiary/aromatic N) is 3. The number of aryl methyl sites for hydroxylation is 2. The molecule has 23 heavy (non-hydrogen) atoms. The molecule has 1 aliphatic carbocycles.